The molecule has 3 heterocycles. The number of hydrogen-bond donors (Lipinski definition) is 0. The van der Waals surface area contributed by atoms with Crippen LogP contribution < -0.4 is 0 Å². The first kappa shape index (κ1) is 20.4. The number of ketones is 1. The van der Waals surface area contributed by atoms with Crippen molar-refractivity contribution in [1.82, 2.24) is 9.88 Å². The minimum absolute atomic E-state index is 0.129. The Bertz CT molecular complexity index is 599. The average Bonchev–Trinajstić information content (AvgIpc) is 2.68. The molecular weight excluding hydrogens is 340 g/mol. The van der Waals surface area contributed by atoms with E-state index < -0.39 is 0 Å². The molecule has 0 saturated carbocycles. The first-order chi connectivity index (χ1) is 13.0. The van der Waals surface area contributed by atoms with Crippen molar-refractivity contribution in [2.24, 2.45) is 11.3 Å². The zero-order valence-corrected chi connectivity index (χ0v) is 17.0. The molecule has 2 unspecified atom stereocenters. The maximum atomic E-state index is 13.5. The van der Waals surface area contributed by atoms with Crippen molar-refractivity contribution in [3.05, 3.63) is 30.1 Å². The Hall–Kier alpha value is -1.30. The summed E-state index contributed by atoms with van der Waals surface area (Å²) in [6, 6.07) is 5.64. The van der Waals surface area contributed by atoms with Crippen LogP contribution in [0.3, 0.4) is 0 Å². The number of Topliss-reactive ketones (excluding diaryl/α,β-unsaturated/α-hetero) is 1. The summed E-state index contributed by atoms with van der Waals surface area (Å²) < 4.78 is 11.5. The topological polar surface area (TPSA) is 51.7 Å². The van der Waals surface area contributed by atoms with E-state index in [0.717, 1.165) is 51.9 Å². The molecule has 2 saturated heterocycles. The number of pyridine rings is 1. The third-order valence-corrected chi connectivity index (χ3v) is 6.18. The summed E-state index contributed by atoms with van der Waals surface area (Å²) in [6.45, 7) is 10.8. The number of likely N-dealkylation sites (tertiary alicyclic amines) is 1. The van der Waals surface area contributed by atoms with Crippen LogP contribution in [0.4, 0.5) is 0 Å². The number of piperidine rings is 1. The van der Waals surface area contributed by atoms with Crippen molar-refractivity contribution < 1.29 is 14.3 Å². The van der Waals surface area contributed by atoms with E-state index in [-0.39, 0.29) is 23.4 Å². The van der Waals surface area contributed by atoms with Gasteiger partial charge in [-0.2, -0.15) is 0 Å². The standard InChI is InChI=1S/C22H34N2O3/c1-17(2)26-15-13-24-11-7-19(8-12-24)22(9-14-27-18(3)16-22)21(25)20-6-4-5-10-23-20/h4-6,10,17-19H,7-9,11-16H2,1-3H3. The van der Waals surface area contributed by atoms with E-state index >= 15 is 0 Å². The monoisotopic (exact) mass is 374 g/mol. The minimum Gasteiger partial charge on any atom is -0.378 e. The summed E-state index contributed by atoms with van der Waals surface area (Å²) in [7, 11) is 0. The second-order valence-corrected chi connectivity index (χ2v) is 8.37. The lowest BCUT2D eigenvalue weighted by molar-refractivity contribution is -0.0603. The molecule has 1 aromatic rings. The molecule has 5 nitrogen and oxygen atoms in total. The summed E-state index contributed by atoms with van der Waals surface area (Å²) in [4.78, 5) is 20.4. The molecule has 0 bridgehead atoms. The fourth-order valence-corrected chi connectivity index (χ4v) is 4.76. The first-order valence-electron chi connectivity index (χ1n) is 10.4. The molecule has 2 fully saturated rings. The Kier molecular flexibility index (Phi) is 7.01. The van der Waals surface area contributed by atoms with Gasteiger partial charge in [-0.05, 0) is 77.6 Å². The third-order valence-electron chi connectivity index (χ3n) is 6.18. The van der Waals surface area contributed by atoms with Gasteiger partial charge in [0.1, 0.15) is 5.69 Å². The van der Waals surface area contributed by atoms with Crippen LogP contribution in [0.1, 0.15) is 56.9 Å². The van der Waals surface area contributed by atoms with Crippen molar-refractivity contribution in [2.75, 3.05) is 32.8 Å². The minimum atomic E-state index is -0.327. The molecule has 0 aliphatic carbocycles. The van der Waals surface area contributed by atoms with Crippen LogP contribution in [-0.2, 0) is 9.47 Å². The summed E-state index contributed by atoms with van der Waals surface area (Å²) >= 11 is 0. The van der Waals surface area contributed by atoms with E-state index in [1.165, 1.54) is 0 Å². The molecule has 0 N–H and O–H groups in total. The molecule has 1 aromatic heterocycles. The predicted octanol–water partition coefficient (Wildman–Crippen LogP) is 3.59. The molecule has 0 amide bonds. The number of carbonyl (C=O) groups is 1. The van der Waals surface area contributed by atoms with E-state index in [0.29, 0.717) is 18.2 Å². The summed E-state index contributed by atoms with van der Waals surface area (Å²) in [5.74, 6) is 0.625. The van der Waals surface area contributed by atoms with E-state index in [2.05, 4.69) is 30.7 Å². The van der Waals surface area contributed by atoms with Crippen LogP contribution >= 0.6 is 0 Å². The van der Waals surface area contributed by atoms with Gasteiger partial charge in [0.25, 0.3) is 0 Å². The SMILES string of the molecule is CC(C)OCCN1CCC(C2(C(=O)c3ccccn3)CCOC(C)C2)CC1. The fraction of sp³-hybridized carbons (Fsp3) is 0.727. The van der Waals surface area contributed by atoms with Gasteiger partial charge in [-0.3, -0.25) is 9.78 Å². The van der Waals surface area contributed by atoms with Crippen LogP contribution in [-0.4, -0.2) is 60.7 Å². The number of rotatable bonds is 7. The van der Waals surface area contributed by atoms with E-state index in [4.69, 9.17) is 9.47 Å². The smallest absolute Gasteiger partial charge is 0.187 e. The Morgan fingerprint density at radius 2 is 2.15 bits per heavy atom. The molecule has 150 valence electrons. The Morgan fingerprint density at radius 1 is 1.37 bits per heavy atom. The molecule has 3 rings (SSSR count). The second kappa shape index (κ2) is 9.26. The maximum Gasteiger partial charge on any atom is 0.187 e. The van der Waals surface area contributed by atoms with Crippen molar-refractivity contribution in [2.45, 2.75) is 58.7 Å². The zero-order valence-electron chi connectivity index (χ0n) is 17.0. The molecule has 0 radical (unpaired) electrons. The highest BCUT2D eigenvalue weighted by Gasteiger charge is 2.49. The molecule has 2 aliphatic rings. The van der Waals surface area contributed by atoms with Crippen molar-refractivity contribution in [3.63, 3.8) is 0 Å². The lowest BCUT2D eigenvalue weighted by atomic mass is 9.62. The first-order valence-corrected chi connectivity index (χ1v) is 10.4. The average molecular weight is 375 g/mol. The summed E-state index contributed by atoms with van der Waals surface area (Å²) in [5, 5.41) is 0. The predicted molar refractivity (Wildman–Crippen MR) is 106 cm³/mol. The van der Waals surface area contributed by atoms with Crippen molar-refractivity contribution in [3.8, 4) is 0 Å². The van der Waals surface area contributed by atoms with Gasteiger partial charge in [0.05, 0.1) is 18.8 Å². The number of ether oxygens (including phenoxy) is 2. The van der Waals surface area contributed by atoms with E-state index in [9.17, 15) is 4.79 Å². The van der Waals surface area contributed by atoms with Crippen LogP contribution in [0.5, 0.6) is 0 Å². The van der Waals surface area contributed by atoms with E-state index in [1.54, 1.807) is 6.20 Å². The van der Waals surface area contributed by atoms with Gasteiger partial charge < -0.3 is 14.4 Å². The fourth-order valence-electron chi connectivity index (χ4n) is 4.76. The van der Waals surface area contributed by atoms with Crippen LogP contribution in [0, 0.1) is 11.3 Å². The maximum absolute atomic E-state index is 13.5. The molecule has 0 aromatic carbocycles. The van der Waals surface area contributed by atoms with Gasteiger partial charge in [0.2, 0.25) is 0 Å². The Morgan fingerprint density at radius 3 is 2.78 bits per heavy atom. The quantitative estimate of drug-likeness (QED) is 0.683. The number of nitrogens with zero attached hydrogens (tertiary/aromatic N) is 2. The lowest BCUT2D eigenvalue weighted by Crippen LogP contribution is -2.50. The van der Waals surface area contributed by atoms with Crippen LogP contribution in [0.15, 0.2) is 24.4 Å². The molecule has 2 aliphatic heterocycles. The summed E-state index contributed by atoms with van der Waals surface area (Å²) in [6.07, 6.45) is 5.88. The van der Waals surface area contributed by atoms with Gasteiger partial charge in [0.15, 0.2) is 5.78 Å². The van der Waals surface area contributed by atoms with Gasteiger partial charge in [-0.25, -0.2) is 0 Å². The van der Waals surface area contributed by atoms with Crippen LogP contribution in [0.2, 0.25) is 0 Å². The summed E-state index contributed by atoms with van der Waals surface area (Å²) in [5.41, 5.74) is 0.284. The highest BCUT2D eigenvalue weighted by Crippen LogP contribution is 2.47. The van der Waals surface area contributed by atoms with Gasteiger partial charge in [0, 0.05) is 24.8 Å². The zero-order chi connectivity index (χ0) is 19.3. The lowest BCUT2D eigenvalue weighted by Gasteiger charge is -2.47. The molecule has 27 heavy (non-hydrogen) atoms. The second-order valence-electron chi connectivity index (χ2n) is 8.37. The number of aromatic nitrogens is 1. The van der Waals surface area contributed by atoms with Crippen molar-refractivity contribution >= 4 is 5.78 Å². The van der Waals surface area contributed by atoms with Gasteiger partial charge in [-0.1, -0.05) is 6.07 Å². The molecule has 5 heteroatoms. The molecule has 0 spiro atoms. The number of carbonyl (C=O) groups excluding carboxylic acids is 1. The highest BCUT2D eigenvalue weighted by atomic mass is 16.5. The molecular formula is C22H34N2O3. The normalized spacial score (nSPS) is 27.8. The Balaban J connectivity index is 1.69. The van der Waals surface area contributed by atoms with Crippen LogP contribution in [0.25, 0.3) is 0 Å². The molecule has 2 atom stereocenters. The Labute approximate surface area is 163 Å². The van der Waals surface area contributed by atoms with E-state index in [1.807, 2.05) is 18.2 Å². The van der Waals surface area contributed by atoms with Gasteiger partial charge >= 0.3 is 0 Å². The third kappa shape index (κ3) is 4.95. The van der Waals surface area contributed by atoms with Crippen molar-refractivity contribution in [1.29, 1.82) is 0 Å². The number of hydrogen-bond acceptors (Lipinski definition) is 5. The largest absolute Gasteiger partial charge is 0.378 e. The highest BCUT2D eigenvalue weighted by molar-refractivity contribution is 5.99. The van der Waals surface area contributed by atoms with Gasteiger partial charge in [-0.15, -0.1) is 0 Å².